The minimum Gasteiger partial charge on any atom is -0.481 e. The number of aliphatic hydroxyl groups is 1. The molecule has 0 aromatic rings. The van der Waals surface area contributed by atoms with Crippen LogP contribution in [0.3, 0.4) is 0 Å². The van der Waals surface area contributed by atoms with Crippen LogP contribution in [0.15, 0.2) is 0 Å². The van der Waals surface area contributed by atoms with Crippen LogP contribution in [0.2, 0.25) is 0 Å². The van der Waals surface area contributed by atoms with Crippen LogP contribution in [0.5, 0.6) is 0 Å². The third-order valence-electron chi connectivity index (χ3n) is 1.73. The maximum atomic E-state index is 10.2. The van der Waals surface area contributed by atoms with Gasteiger partial charge in [0.25, 0.3) is 0 Å². The molecular formula is C6H7NO3. The van der Waals surface area contributed by atoms with Crippen LogP contribution in [0, 0.1) is 17.2 Å². The third kappa shape index (κ3) is 0.957. The van der Waals surface area contributed by atoms with Crippen LogP contribution in [-0.2, 0) is 4.79 Å². The van der Waals surface area contributed by atoms with Gasteiger partial charge in [-0.25, -0.2) is 0 Å². The Balaban J connectivity index is 2.46. The number of nitriles is 1. The Labute approximate surface area is 57.7 Å². The van der Waals surface area contributed by atoms with Crippen molar-refractivity contribution in [3.05, 3.63) is 0 Å². The van der Waals surface area contributed by atoms with Crippen molar-refractivity contribution in [1.29, 1.82) is 5.26 Å². The zero-order valence-corrected chi connectivity index (χ0v) is 5.24. The van der Waals surface area contributed by atoms with Crippen LogP contribution < -0.4 is 0 Å². The number of aliphatic carboxylic acids is 1. The molecule has 0 atom stereocenters. The summed E-state index contributed by atoms with van der Waals surface area (Å²) < 4.78 is 0. The molecule has 0 bridgehead atoms. The molecule has 4 nitrogen and oxygen atoms in total. The first-order valence-corrected chi connectivity index (χ1v) is 2.94. The average Bonchev–Trinajstić information content (AvgIpc) is 1.80. The Morgan fingerprint density at radius 2 is 2.20 bits per heavy atom. The van der Waals surface area contributed by atoms with Crippen molar-refractivity contribution in [3.63, 3.8) is 0 Å². The van der Waals surface area contributed by atoms with Crippen molar-refractivity contribution in [3.8, 4) is 6.07 Å². The summed E-state index contributed by atoms with van der Waals surface area (Å²) >= 11 is 0. The summed E-state index contributed by atoms with van der Waals surface area (Å²) in [6.45, 7) is 0. The molecule has 0 amide bonds. The standard InChI is InChI=1S/C6H7NO3/c7-3-6(10)1-4(2-6)5(8)9/h4,10H,1-2H2,(H,8,9). The van der Waals surface area contributed by atoms with Gasteiger partial charge in [0.15, 0.2) is 5.60 Å². The fourth-order valence-corrected chi connectivity index (χ4v) is 1.02. The maximum absolute atomic E-state index is 10.2. The van der Waals surface area contributed by atoms with Gasteiger partial charge in [-0.05, 0) is 0 Å². The molecule has 0 aromatic carbocycles. The highest BCUT2D eigenvalue weighted by Gasteiger charge is 2.46. The minimum atomic E-state index is -1.36. The lowest BCUT2D eigenvalue weighted by molar-refractivity contribution is -0.152. The van der Waals surface area contributed by atoms with Gasteiger partial charge in [0.1, 0.15) is 0 Å². The Bertz CT molecular complexity index is 200. The summed E-state index contributed by atoms with van der Waals surface area (Å²) in [5.41, 5.74) is -1.36. The largest absolute Gasteiger partial charge is 0.481 e. The quantitative estimate of drug-likeness (QED) is 0.493. The van der Waals surface area contributed by atoms with Gasteiger partial charge < -0.3 is 10.2 Å². The van der Waals surface area contributed by atoms with E-state index >= 15 is 0 Å². The first-order valence-electron chi connectivity index (χ1n) is 2.94. The summed E-state index contributed by atoms with van der Waals surface area (Å²) in [5.74, 6) is -1.45. The Kier molecular flexibility index (Phi) is 1.38. The second-order valence-electron chi connectivity index (χ2n) is 2.59. The topological polar surface area (TPSA) is 81.3 Å². The van der Waals surface area contributed by atoms with Gasteiger partial charge in [-0.15, -0.1) is 0 Å². The molecule has 0 aliphatic heterocycles. The van der Waals surface area contributed by atoms with Gasteiger partial charge in [-0.2, -0.15) is 5.26 Å². The molecule has 1 fully saturated rings. The van der Waals surface area contributed by atoms with E-state index in [2.05, 4.69) is 0 Å². The first kappa shape index (κ1) is 7.03. The van der Waals surface area contributed by atoms with Gasteiger partial charge in [0, 0.05) is 12.8 Å². The van der Waals surface area contributed by atoms with Crippen LogP contribution in [0.4, 0.5) is 0 Å². The molecule has 0 aromatic heterocycles. The van der Waals surface area contributed by atoms with Crippen LogP contribution in [-0.4, -0.2) is 21.8 Å². The highest BCUT2D eigenvalue weighted by molar-refractivity contribution is 5.72. The molecule has 0 unspecified atom stereocenters. The number of nitrogens with zero attached hydrogens (tertiary/aromatic N) is 1. The smallest absolute Gasteiger partial charge is 0.306 e. The van der Waals surface area contributed by atoms with E-state index in [4.69, 9.17) is 15.5 Å². The molecule has 4 heteroatoms. The molecule has 2 N–H and O–H groups in total. The van der Waals surface area contributed by atoms with E-state index in [0.29, 0.717) is 0 Å². The highest BCUT2D eigenvalue weighted by Crippen LogP contribution is 2.36. The van der Waals surface area contributed by atoms with Crippen LogP contribution in [0.1, 0.15) is 12.8 Å². The molecule has 1 aliphatic rings. The number of hydrogen-bond donors (Lipinski definition) is 2. The van der Waals surface area contributed by atoms with Gasteiger partial charge in [0.2, 0.25) is 0 Å². The Hall–Kier alpha value is -1.08. The van der Waals surface area contributed by atoms with E-state index in [1.54, 1.807) is 6.07 Å². The van der Waals surface area contributed by atoms with E-state index in [1.807, 2.05) is 0 Å². The van der Waals surface area contributed by atoms with E-state index in [9.17, 15) is 4.79 Å². The van der Waals surface area contributed by atoms with Crippen molar-refractivity contribution in [1.82, 2.24) is 0 Å². The van der Waals surface area contributed by atoms with E-state index in [-0.39, 0.29) is 12.8 Å². The molecular weight excluding hydrogens is 134 g/mol. The van der Waals surface area contributed by atoms with Crippen molar-refractivity contribution in [2.75, 3.05) is 0 Å². The summed E-state index contributed by atoms with van der Waals surface area (Å²) in [7, 11) is 0. The number of carbonyl (C=O) groups is 1. The SMILES string of the molecule is N#CC1(O)CC(C(=O)O)C1. The summed E-state index contributed by atoms with van der Waals surface area (Å²) in [5, 5.41) is 25.6. The molecule has 54 valence electrons. The normalized spacial score (nSPS) is 37.8. The van der Waals surface area contributed by atoms with Crippen LogP contribution in [0.25, 0.3) is 0 Å². The van der Waals surface area contributed by atoms with Gasteiger partial charge in [-0.3, -0.25) is 4.79 Å². The molecule has 1 rings (SSSR count). The molecule has 0 spiro atoms. The van der Waals surface area contributed by atoms with Gasteiger partial charge in [0.05, 0.1) is 12.0 Å². The van der Waals surface area contributed by atoms with E-state index in [1.165, 1.54) is 0 Å². The predicted molar refractivity (Wildman–Crippen MR) is 30.9 cm³/mol. The van der Waals surface area contributed by atoms with Crippen molar-refractivity contribution in [2.45, 2.75) is 18.4 Å². The fourth-order valence-electron chi connectivity index (χ4n) is 1.02. The zero-order chi connectivity index (χ0) is 7.78. The molecule has 0 saturated heterocycles. The Morgan fingerprint density at radius 3 is 2.50 bits per heavy atom. The first-order chi connectivity index (χ1) is 4.57. The van der Waals surface area contributed by atoms with E-state index in [0.717, 1.165) is 0 Å². The lowest BCUT2D eigenvalue weighted by Crippen LogP contribution is -2.45. The lowest BCUT2D eigenvalue weighted by Gasteiger charge is -2.35. The summed E-state index contributed by atoms with van der Waals surface area (Å²) in [6, 6.07) is 1.65. The summed E-state index contributed by atoms with van der Waals surface area (Å²) in [6.07, 6.45) is 0.137. The monoisotopic (exact) mass is 141 g/mol. The van der Waals surface area contributed by atoms with Gasteiger partial charge >= 0.3 is 5.97 Å². The molecule has 1 saturated carbocycles. The maximum Gasteiger partial charge on any atom is 0.306 e. The second kappa shape index (κ2) is 1.96. The second-order valence-corrected chi connectivity index (χ2v) is 2.59. The van der Waals surface area contributed by atoms with Crippen molar-refractivity contribution < 1.29 is 15.0 Å². The fraction of sp³-hybridized carbons (Fsp3) is 0.667. The minimum absolute atomic E-state index is 0.0683. The van der Waals surface area contributed by atoms with Crippen LogP contribution >= 0.6 is 0 Å². The third-order valence-corrected chi connectivity index (χ3v) is 1.73. The molecule has 0 heterocycles. The number of carboxylic acid groups (broad SMARTS) is 1. The van der Waals surface area contributed by atoms with Crippen molar-refractivity contribution >= 4 is 5.97 Å². The average molecular weight is 141 g/mol. The summed E-state index contributed by atoms with van der Waals surface area (Å²) in [4.78, 5) is 10.2. The molecule has 10 heavy (non-hydrogen) atoms. The van der Waals surface area contributed by atoms with Gasteiger partial charge in [-0.1, -0.05) is 0 Å². The zero-order valence-electron chi connectivity index (χ0n) is 5.24. The number of hydrogen-bond acceptors (Lipinski definition) is 3. The van der Waals surface area contributed by atoms with E-state index < -0.39 is 17.5 Å². The predicted octanol–water partition coefficient (Wildman–Crippen LogP) is -0.264. The number of rotatable bonds is 1. The van der Waals surface area contributed by atoms with Crippen molar-refractivity contribution in [2.24, 2.45) is 5.92 Å². The molecule has 0 radical (unpaired) electrons. The molecule has 1 aliphatic carbocycles. The number of carboxylic acids is 1. The lowest BCUT2D eigenvalue weighted by atomic mass is 9.72. The highest BCUT2D eigenvalue weighted by atomic mass is 16.4. The Morgan fingerprint density at radius 1 is 1.70 bits per heavy atom.